The van der Waals surface area contributed by atoms with Gasteiger partial charge in [0, 0.05) is 24.8 Å². The molecule has 0 spiro atoms. The first-order valence-electron chi connectivity index (χ1n) is 9.22. The lowest BCUT2D eigenvalue weighted by Gasteiger charge is -2.19. The van der Waals surface area contributed by atoms with Gasteiger partial charge in [-0.25, -0.2) is 17.6 Å². The average Bonchev–Trinajstić information content (AvgIpc) is 2.72. The quantitative estimate of drug-likeness (QED) is 0.516. The molecule has 0 bridgehead atoms. The van der Waals surface area contributed by atoms with E-state index in [1.807, 2.05) is 0 Å². The van der Waals surface area contributed by atoms with Crippen molar-refractivity contribution in [2.75, 3.05) is 19.4 Å². The normalized spacial score (nSPS) is 11.5. The molecule has 3 aromatic carbocycles. The molecule has 0 atom stereocenters. The number of carbonyl (C=O) groups is 1. The van der Waals surface area contributed by atoms with Crippen molar-refractivity contribution >= 4 is 21.7 Å². The summed E-state index contributed by atoms with van der Waals surface area (Å²) in [6.07, 6.45) is 0. The van der Waals surface area contributed by atoms with Gasteiger partial charge in [0.25, 0.3) is 0 Å². The van der Waals surface area contributed by atoms with E-state index in [9.17, 15) is 17.6 Å². The number of ether oxygens (including phenoxy) is 1. The van der Waals surface area contributed by atoms with Crippen molar-refractivity contribution in [1.82, 2.24) is 4.31 Å². The molecule has 0 aliphatic carbocycles. The van der Waals surface area contributed by atoms with Crippen molar-refractivity contribution in [2.24, 2.45) is 0 Å². The minimum atomic E-state index is -3.72. The maximum absolute atomic E-state index is 13.9. The van der Waals surface area contributed by atoms with Crippen LogP contribution in [0.15, 0.2) is 71.6 Å². The lowest BCUT2D eigenvalue weighted by molar-refractivity contribution is -0.139. The van der Waals surface area contributed by atoms with Crippen LogP contribution in [-0.2, 0) is 21.4 Å². The van der Waals surface area contributed by atoms with Crippen LogP contribution < -0.4 is 10.5 Å². The summed E-state index contributed by atoms with van der Waals surface area (Å²) in [7, 11) is -2.26. The van der Waals surface area contributed by atoms with Crippen LogP contribution in [0.5, 0.6) is 5.75 Å². The van der Waals surface area contributed by atoms with Crippen LogP contribution in [0.3, 0.4) is 0 Å². The van der Waals surface area contributed by atoms with Crippen LogP contribution in [-0.4, -0.2) is 37.5 Å². The number of hydrogen-bond acceptors (Lipinski definition) is 5. The third-order valence-electron chi connectivity index (χ3n) is 4.48. The number of sulfonamides is 1. The van der Waals surface area contributed by atoms with E-state index in [4.69, 9.17) is 15.6 Å². The molecule has 0 aromatic heterocycles. The number of aliphatic carboxylic acids is 1. The molecule has 3 aromatic rings. The second-order valence-electron chi connectivity index (χ2n) is 6.86. The smallest absolute Gasteiger partial charge is 0.341 e. The van der Waals surface area contributed by atoms with E-state index >= 15 is 0 Å². The number of carboxylic acid groups (broad SMARTS) is 1. The highest BCUT2D eigenvalue weighted by Gasteiger charge is 2.21. The predicted molar refractivity (Wildman–Crippen MR) is 114 cm³/mol. The molecule has 0 saturated carbocycles. The number of nitrogen functional groups attached to an aromatic ring is 1. The highest BCUT2D eigenvalue weighted by molar-refractivity contribution is 7.89. The van der Waals surface area contributed by atoms with Crippen LogP contribution in [0.4, 0.5) is 10.1 Å². The summed E-state index contributed by atoms with van der Waals surface area (Å²) in [6.45, 7) is -0.548. The van der Waals surface area contributed by atoms with Crippen LogP contribution in [0.2, 0.25) is 0 Å². The second-order valence-corrected chi connectivity index (χ2v) is 8.91. The zero-order chi connectivity index (χ0) is 22.6. The van der Waals surface area contributed by atoms with Crippen LogP contribution in [0.25, 0.3) is 11.1 Å². The molecule has 3 N–H and O–H groups in total. The molecule has 0 aliphatic rings. The molecule has 9 heteroatoms. The SMILES string of the molecule is CN(Cc1ccc(OCC(=O)O)c(-c2cc(N)cc(F)c2)c1)S(=O)(=O)c1ccccc1. The molecule has 0 saturated heterocycles. The summed E-state index contributed by atoms with van der Waals surface area (Å²) in [4.78, 5) is 11.1. The Balaban J connectivity index is 1.97. The van der Waals surface area contributed by atoms with E-state index in [1.165, 1.54) is 41.7 Å². The fourth-order valence-corrected chi connectivity index (χ4v) is 4.23. The van der Waals surface area contributed by atoms with Gasteiger partial charge in [0.2, 0.25) is 10.0 Å². The Bertz CT molecular complexity index is 1180. The van der Waals surface area contributed by atoms with E-state index in [0.29, 0.717) is 16.7 Å². The first-order chi connectivity index (χ1) is 14.7. The highest BCUT2D eigenvalue weighted by Crippen LogP contribution is 2.33. The average molecular weight is 444 g/mol. The Morgan fingerprint density at radius 3 is 2.45 bits per heavy atom. The molecular formula is C22H21FN2O5S. The first-order valence-corrected chi connectivity index (χ1v) is 10.7. The van der Waals surface area contributed by atoms with Gasteiger partial charge in [0.1, 0.15) is 11.6 Å². The van der Waals surface area contributed by atoms with Gasteiger partial charge in [0.05, 0.1) is 4.90 Å². The molecule has 0 heterocycles. The number of hydrogen-bond donors (Lipinski definition) is 2. The maximum atomic E-state index is 13.9. The van der Waals surface area contributed by atoms with Crippen molar-refractivity contribution in [1.29, 1.82) is 0 Å². The van der Waals surface area contributed by atoms with Crippen molar-refractivity contribution < 1.29 is 27.4 Å². The molecule has 0 fully saturated rings. The van der Waals surface area contributed by atoms with Gasteiger partial charge in [-0.1, -0.05) is 24.3 Å². The standard InChI is InChI=1S/C22H21FN2O5S/c1-25(31(28,29)19-5-3-2-4-6-19)13-15-7-8-21(30-14-22(26)27)20(9-15)16-10-17(23)12-18(24)11-16/h2-12H,13-14,24H2,1H3,(H,26,27). The fraction of sp³-hybridized carbons (Fsp3) is 0.136. The summed E-state index contributed by atoms with van der Waals surface area (Å²) < 4.78 is 46.0. The fourth-order valence-electron chi connectivity index (χ4n) is 3.05. The van der Waals surface area contributed by atoms with Crippen molar-refractivity contribution in [3.63, 3.8) is 0 Å². The zero-order valence-corrected chi connectivity index (χ0v) is 17.5. The Morgan fingerprint density at radius 2 is 1.81 bits per heavy atom. The molecule has 0 unspecified atom stereocenters. The van der Waals surface area contributed by atoms with Gasteiger partial charge in [0.15, 0.2) is 6.61 Å². The number of halogens is 1. The first kappa shape index (κ1) is 22.3. The summed E-state index contributed by atoms with van der Waals surface area (Å²) in [6, 6.07) is 16.7. The molecule has 31 heavy (non-hydrogen) atoms. The summed E-state index contributed by atoms with van der Waals surface area (Å²) >= 11 is 0. The Kier molecular flexibility index (Phi) is 6.57. The Labute approximate surface area is 179 Å². The van der Waals surface area contributed by atoms with Crippen LogP contribution in [0, 0.1) is 5.82 Å². The Morgan fingerprint density at radius 1 is 1.10 bits per heavy atom. The monoisotopic (exact) mass is 444 g/mol. The largest absolute Gasteiger partial charge is 0.481 e. The highest BCUT2D eigenvalue weighted by atomic mass is 32.2. The number of carboxylic acids is 1. The number of anilines is 1. The molecule has 0 aliphatic heterocycles. The Hall–Kier alpha value is -3.43. The van der Waals surface area contributed by atoms with Crippen molar-refractivity contribution in [3.05, 3.63) is 78.1 Å². The molecule has 0 amide bonds. The van der Waals surface area contributed by atoms with Gasteiger partial charge in [-0.15, -0.1) is 0 Å². The molecular weight excluding hydrogens is 423 g/mol. The maximum Gasteiger partial charge on any atom is 0.341 e. The van der Waals surface area contributed by atoms with Crippen LogP contribution in [0.1, 0.15) is 5.56 Å². The minimum absolute atomic E-state index is 0.0359. The van der Waals surface area contributed by atoms with E-state index in [2.05, 4.69) is 0 Å². The van der Waals surface area contributed by atoms with Crippen molar-refractivity contribution in [3.8, 4) is 16.9 Å². The molecule has 162 valence electrons. The summed E-state index contributed by atoms with van der Waals surface area (Å²) in [5.74, 6) is -1.51. The predicted octanol–water partition coefficient (Wildman–Crippen LogP) is 3.36. The number of rotatable bonds is 8. The lowest BCUT2D eigenvalue weighted by Crippen LogP contribution is -2.26. The third kappa shape index (κ3) is 5.39. The number of nitrogens with two attached hydrogens (primary N) is 1. The van der Waals surface area contributed by atoms with E-state index in [0.717, 1.165) is 6.07 Å². The lowest BCUT2D eigenvalue weighted by atomic mass is 10.0. The summed E-state index contributed by atoms with van der Waals surface area (Å²) in [5.41, 5.74) is 7.32. The van der Waals surface area contributed by atoms with Gasteiger partial charge in [-0.05, 0) is 53.6 Å². The van der Waals surface area contributed by atoms with E-state index in [-0.39, 0.29) is 22.9 Å². The second kappa shape index (κ2) is 9.15. The topological polar surface area (TPSA) is 110 Å². The van der Waals surface area contributed by atoms with Crippen molar-refractivity contribution in [2.45, 2.75) is 11.4 Å². The minimum Gasteiger partial charge on any atom is -0.481 e. The van der Waals surface area contributed by atoms with E-state index in [1.54, 1.807) is 30.3 Å². The molecule has 3 rings (SSSR count). The van der Waals surface area contributed by atoms with Gasteiger partial charge in [-0.2, -0.15) is 4.31 Å². The number of nitrogens with zero attached hydrogens (tertiary/aromatic N) is 1. The number of benzene rings is 3. The zero-order valence-electron chi connectivity index (χ0n) is 16.7. The summed E-state index contributed by atoms with van der Waals surface area (Å²) in [5, 5.41) is 8.92. The van der Waals surface area contributed by atoms with E-state index < -0.39 is 28.4 Å². The van der Waals surface area contributed by atoms with Gasteiger partial charge < -0.3 is 15.6 Å². The molecule has 7 nitrogen and oxygen atoms in total. The van der Waals surface area contributed by atoms with Crippen LogP contribution >= 0.6 is 0 Å². The van der Waals surface area contributed by atoms with Gasteiger partial charge in [-0.3, -0.25) is 0 Å². The third-order valence-corrected chi connectivity index (χ3v) is 6.30. The molecule has 0 radical (unpaired) electrons. The van der Waals surface area contributed by atoms with Gasteiger partial charge >= 0.3 is 5.97 Å².